The van der Waals surface area contributed by atoms with Gasteiger partial charge in [-0.25, -0.2) is 0 Å². The van der Waals surface area contributed by atoms with Gasteiger partial charge in [0, 0.05) is 43.1 Å². The molecule has 0 atom stereocenters. The first-order chi connectivity index (χ1) is 13.7. The topological polar surface area (TPSA) is 56.4 Å². The minimum Gasteiger partial charge on any atom is -0.364 e. The average Bonchev–Trinajstić information content (AvgIpc) is 3.48. The van der Waals surface area contributed by atoms with Gasteiger partial charge < -0.3 is 14.8 Å². The fraction of sp³-hybridized carbons (Fsp3) is 0.478. The highest BCUT2D eigenvalue weighted by Gasteiger charge is 2.34. The van der Waals surface area contributed by atoms with Crippen molar-refractivity contribution >= 4 is 11.8 Å². The highest BCUT2D eigenvalue weighted by atomic mass is 16.2. The number of nitrogens with one attached hydrogen (secondary N) is 1. The molecule has 1 N–H and O–H groups in total. The molecule has 4 rings (SSSR count). The van der Waals surface area contributed by atoms with Crippen LogP contribution in [-0.4, -0.2) is 52.3 Å². The maximum absolute atomic E-state index is 13.3. The van der Waals surface area contributed by atoms with Crippen molar-refractivity contribution in [3.63, 3.8) is 0 Å². The predicted molar refractivity (Wildman–Crippen MR) is 109 cm³/mol. The van der Waals surface area contributed by atoms with Gasteiger partial charge in [0.15, 0.2) is 0 Å². The van der Waals surface area contributed by atoms with Crippen LogP contribution in [0.25, 0.3) is 0 Å². The van der Waals surface area contributed by atoms with Gasteiger partial charge in [0.1, 0.15) is 0 Å². The van der Waals surface area contributed by atoms with Crippen LogP contribution in [0.5, 0.6) is 0 Å². The Kier molecular flexibility index (Phi) is 5.51. The molecular formula is C23H29N3O2. The summed E-state index contributed by atoms with van der Waals surface area (Å²) in [4.78, 5) is 33.3. The Morgan fingerprint density at radius 2 is 1.79 bits per heavy atom. The second kappa shape index (κ2) is 8.21. The molecule has 2 heterocycles. The fourth-order valence-corrected chi connectivity index (χ4v) is 4.27. The normalized spacial score (nSPS) is 17.5. The highest BCUT2D eigenvalue weighted by Crippen LogP contribution is 2.41. The lowest BCUT2D eigenvalue weighted by Crippen LogP contribution is -2.49. The van der Waals surface area contributed by atoms with Crippen LogP contribution in [0.4, 0.5) is 0 Å². The van der Waals surface area contributed by atoms with Gasteiger partial charge >= 0.3 is 0 Å². The van der Waals surface area contributed by atoms with Crippen molar-refractivity contribution in [2.24, 2.45) is 0 Å². The van der Waals surface area contributed by atoms with Crippen LogP contribution in [-0.2, 0) is 0 Å². The van der Waals surface area contributed by atoms with E-state index in [0.717, 1.165) is 42.6 Å². The first-order valence-corrected chi connectivity index (χ1v) is 10.5. The molecular weight excluding hydrogens is 350 g/mol. The Morgan fingerprint density at radius 1 is 1.07 bits per heavy atom. The summed E-state index contributed by atoms with van der Waals surface area (Å²) >= 11 is 0. The third kappa shape index (κ3) is 3.84. The van der Waals surface area contributed by atoms with Gasteiger partial charge in [-0.05, 0) is 56.2 Å². The molecule has 2 aromatic rings. The average molecular weight is 380 g/mol. The maximum Gasteiger partial charge on any atom is 0.255 e. The Balaban J connectivity index is 1.43. The number of likely N-dealkylation sites (tertiary alicyclic amines) is 1. The molecule has 1 aliphatic heterocycles. The van der Waals surface area contributed by atoms with E-state index in [1.54, 1.807) is 0 Å². The molecule has 2 fully saturated rings. The number of nitrogens with zero attached hydrogens (tertiary/aromatic N) is 2. The van der Waals surface area contributed by atoms with Crippen molar-refractivity contribution in [2.45, 2.75) is 51.0 Å². The van der Waals surface area contributed by atoms with Crippen LogP contribution in [0.15, 0.2) is 42.6 Å². The largest absolute Gasteiger partial charge is 0.364 e. The molecule has 1 aromatic carbocycles. The van der Waals surface area contributed by atoms with Crippen LogP contribution < -0.4 is 0 Å². The Hall–Kier alpha value is -2.56. The van der Waals surface area contributed by atoms with Crippen molar-refractivity contribution in [3.05, 3.63) is 59.4 Å². The molecule has 28 heavy (non-hydrogen) atoms. The molecule has 0 radical (unpaired) electrons. The van der Waals surface area contributed by atoms with E-state index >= 15 is 0 Å². The van der Waals surface area contributed by atoms with E-state index in [2.05, 4.69) is 16.8 Å². The zero-order valence-corrected chi connectivity index (χ0v) is 16.6. The number of carbonyl (C=O) groups excluding carboxylic acids is 2. The SMILES string of the molecule is CCCN(C(=O)c1cc[nH]c1C1CC1)C1CCN(C(=O)c2ccccc2)CC1. The van der Waals surface area contributed by atoms with Crippen LogP contribution in [0.1, 0.15) is 71.4 Å². The lowest BCUT2D eigenvalue weighted by Gasteiger charge is -2.38. The van der Waals surface area contributed by atoms with E-state index in [9.17, 15) is 9.59 Å². The molecule has 2 amide bonds. The monoisotopic (exact) mass is 379 g/mol. The number of aromatic amines is 1. The lowest BCUT2D eigenvalue weighted by molar-refractivity contribution is 0.0518. The summed E-state index contributed by atoms with van der Waals surface area (Å²) in [6, 6.07) is 11.6. The van der Waals surface area contributed by atoms with Crippen molar-refractivity contribution in [2.75, 3.05) is 19.6 Å². The van der Waals surface area contributed by atoms with Gasteiger partial charge in [0.25, 0.3) is 11.8 Å². The first-order valence-electron chi connectivity index (χ1n) is 10.5. The molecule has 0 unspecified atom stereocenters. The van der Waals surface area contributed by atoms with E-state index in [-0.39, 0.29) is 17.9 Å². The van der Waals surface area contributed by atoms with Gasteiger partial charge in [0.05, 0.1) is 5.56 Å². The summed E-state index contributed by atoms with van der Waals surface area (Å²) in [7, 11) is 0. The fourth-order valence-electron chi connectivity index (χ4n) is 4.27. The number of rotatable bonds is 6. The van der Waals surface area contributed by atoms with Gasteiger partial charge in [0.2, 0.25) is 0 Å². The molecule has 0 spiro atoms. The van der Waals surface area contributed by atoms with Gasteiger partial charge in [-0.3, -0.25) is 9.59 Å². The highest BCUT2D eigenvalue weighted by molar-refractivity contribution is 5.96. The van der Waals surface area contributed by atoms with E-state index in [4.69, 9.17) is 0 Å². The smallest absolute Gasteiger partial charge is 0.255 e. The standard InChI is InChI=1S/C23H29N3O2/c1-2-14-26(23(28)20-10-13-24-21(20)17-8-9-17)19-11-15-25(16-12-19)22(27)18-6-4-3-5-7-18/h3-7,10,13,17,19,24H,2,8-9,11-12,14-16H2,1H3. The number of H-pyrrole nitrogens is 1. The summed E-state index contributed by atoms with van der Waals surface area (Å²) in [6.07, 6.45) is 6.87. The van der Waals surface area contributed by atoms with Gasteiger partial charge in [-0.1, -0.05) is 25.1 Å². The molecule has 2 aliphatic rings. The van der Waals surface area contributed by atoms with Crippen molar-refractivity contribution in [3.8, 4) is 0 Å². The Morgan fingerprint density at radius 3 is 2.43 bits per heavy atom. The van der Waals surface area contributed by atoms with E-state index < -0.39 is 0 Å². The molecule has 1 saturated carbocycles. The maximum atomic E-state index is 13.3. The third-order valence-electron chi connectivity index (χ3n) is 5.93. The number of piperidine rings is 1. The molecule has 5 heteroatoms. The number of amides is 2. The van der Waals surface area contributed by atoms with Gasteiger partial charge in [-0.2, -0.15) is 0 Å². The molecule has 0 bridgehead atoms. The molecule has 148 valence electrons. The molecule has 5 nitrogen and oxygen atoms in total. The van der Waals surface area contributed by atoms with E-state index in [1.165, 1.54) is 12.8 Å². The summed E-state index contributed by atoms with van der Waals surface area (Å²) in [6.45, 7) is 4.29. The summed E-state index contributed by atoms with van der Waals surface area (Å²) in [5, 5.41) is 0. The number of aromatic nitrogens is 1. The first kappa shape index (κ1) is 18.8. The summed E-state index contributed by atoms with van der Waals surface area (Å²) < 4.78 is 0. The molecule has 1 aromatic heterocycles. The van der Waals surface area contributed by atoms with Crippen LogP contribution in [0.2, 0.25) is 0 Å². The van der Waals surface area contributed by atoms with Gasteiger partial charge in [-0.15, -0.1) is 0 Å². The van der Waals surface area contributed by atoms with Crippen molar-refractivity contribution in [1.29, 1.82) is 0 Å². The van der Waals surface area contributed by atoms with Crippen molar-refractivity contribution in [1.82, 2.24) is 14.8 Å². The second-order valence-electron chi connectivity index (χ2n) is 7.97. The zero-order chi connectivity index (χ0) is 19.5. The summed E-state index contributed by atoms with van der Waals surface area (Å²) in [5.74, 6) is 0.773. The van der Waals surface area contributed by atoms with Crippen LogP contribution >= 0.6 is 0 Å². The lowest BCUT2D eigenvalue weighted by atomic mass is 10.00. The number of benzene rings is 1. The minimum absolute atomic E-state index is 0.0917. The van der Waals surface area contributed by atoms with E-state index in [1.807, 2.05) is 47.5 Å². The third-order valence-corrected chi connectivity index (χ3v) is 5.93. The van der Waals surface area contributed by atoms with E-state index in [0.29, 0.717) is 19.0 Å². The zero-order valence-electron chi connectivity index (χ0n) is 16.6. The van der Waals surface area contributed by atoms with Crippen molar-refractivity contribution < 1.29 is 9.59 Å². The summed E-state index contributed by atoms with van der Waals surface area (Å²) in [5.41, 5.74) is 2.70. The van der Waals surface area contributed by atoms with Crippen LogP contribution in [0.3, 0.4) is 0 Å². The predicted octanol–water partition coefficient (Wildman–Crippen LogP) is 4.05. The Labute approximate surface area is 166 Å². The number of carbonyl (C=O) groups is 2. The quantitative estimate of drug-likeness (QED) is 0.823. The number of hydrogen-bond donors (Lipinski definition) is 1. The number of hydrogen-bond acceptors (Lipinski definition) is 2. The second-order valence-corrected chi connectivity index (χ2v) is 7.97. The van der Waals surface area contributed by atoms with Crippen LogP contribution in [0, 0.1) is 0 Å². The minimum atomic E-state index is 0.0917. The molecule has 1 aliphatic carbocycles. The Bertz CT molecular complexity index is 817. The molecule has 1 saturated heterocycles.